The quantitative estimate of drug-likeness (QED) is 0.767. The van der Waals surface area contributed by atoms with Crippen LogP contribution in [0.4, 0.5) is 13.6 Å². The molecule has 134 valence electrons. The van der Waals surface area contributed by atoms with Crippen molar-refractivity contribution in [2.45, 2.75) is 39.2 Å². The molecule has 0 radical (unpaired) electrons. The fourth-order valence-corrected chi connectivity index (χ4v) is 1.74. The number of carbonyl (C=O) groups excluding carboxylic acids is 2. The van der Waals surface area contributed by atoms with E-state index in [1.165, 1.54) is 19.2 Å². The van der Waals surface area contributed by atoms with Crippen molar-refractivity contribution in [2.75, 3.05) is 20.2 Å². The number of hydrogen-bond acceptors (Lipinski definition) is 5. The average Bonchev–Trinajstić information content (AvgIpc) is 2.45. The van der Waals surface area contributed by atoms with Gasteiger partial charge in [0.1, 0.15) is 17.0 Å². The van der Waals surface area contributed by atoms with Crippen molar-refractivity contribution in [1.82, 2.24) is 9.88 Å². The fourth-order valence-electron chi connectivity index (χ4n) is 1.74. The summed E-state index contributed by atoms with van der Waals surface area (Å²) in [6.07, 6.45) is -0.872. The molecular weight excluding hydrogens is 322 g/mol. The molecule has 0 unspecified atom stereocenters. The molecule has 0 aliphatic rings. The van der Waals surface area contributed by atoms with Crippen molar-refractivity contribution >= 4 is 12.1 Å². The van der Waals surface area contributed by atoms with Crippen LogP contribution in [0.25, 0.3) is 0 Å². The smallest absolute Gasteiger partial charge is 0.410 e. The summed E-state index contributed by atoms with van der Waals surface area (Å²) in [5.74, 6) is -4.23. The first-order valence-electron chi connectivity index (χ1n) is 7.43. The lowest BCUT2D eigenvalue weighted by molar-refractivity contribution is -0.0442. The Labute approximate surface area is 139 Å². The van der Waals surface area contributed by atoms with E-state index in [0.717, 1.165) is 11.0 Å². The van der Waals surface area contributed by atoms with Crippen LogP contribution in [0.5, 0.6) is 0 Å². The van der Waals surface area contributed by atoms with Crippen LogP contribution in [0.15, 0.2) is 18.2 Å². The number of ether oxygens (including phenoxy) is 2. The number of likely N-dealkylation sites (N-methyl/N-ethyl adjacent to an activating group) is 1. The SMILES string of the molecule is CCOC(=O)c1cccc(C(F)(F)CN(C)C(=O)OC(C)(C)C)n1. The van der Waals surface area contributed by atoms with Crippen LogP contribution < -0.4 is 0 Å². The number of nitrogens with zero attached hydrogens (tertiary/aromatic N) is 2. The number of hydrogen-bond donors (Lipinski definition) is 0. The van der Waals surface area contributed by atoms with Crippen LogP contribution in [0.3, 0.4) is 0 Å². The standard InChI is InChI=1S/C16H22F2N2O4/c1-6-23-13(21)11-8-7-9-12(19-11)16(17,18)10-20(5)14(22)24-15(2,3)4/h7-9H,6,10H2,1-5H3. The van der Waals surface area contributed by atoms with Gasteiger partial charge in [-0.2, -0.15) is 8.78 Å². The van der Waals surface area contributed by atoms with E-state index in [1.54, 1.807) is 27.7 Å². The van der Waals surface area contributed by atoms with E-state index in [1.807, 2.05) is 0 Å². The van der Waals surface area contributed by atoms with E-state index in [9.17, 15) is 18.4 Å². The third-order valence-electron chi connectivity index (χ3n) is 2.75. The van der Waals surface area contributed by atoms with Crippen LogP contribution in [0.2, 0.25) is 0 Å². The lowest BCUT2D eigenvalue weighted by atomic mass is 10.2. The maximum absolute atomic E-state index is 14.4. The number of rotatable bonds is 5. The van der Waals surface area contributed by atoms with Crippen LogP contribution in [-0.2, 0) is 15.4 Å². The van der Waals surface area contributed by atoms with Gasteiger partial charge >= 0.3 is 18.0 Å². The van der Waals surface area contributed by atoms with E-state index < -0.39 is 35.8 Å². The summed E-state index contributed by atoms with van der Waals surface area (Å²) in [6.45, 7) is 5.71. The number of amides is 1. The molecule has 0 saturated heterocycles. The van der Waals surface area contributed by atoms with Gasteiger partial charge in [0.2, 0.25) is 0 Å². The van der Waals surface area contributed by atoms with Gasteiger partial charge in [-0.25, -0.2) is 14.6 Å². The van der Waals surface area contributed by atoms with Crippen molar-refractivity contribution in [3.8, 4) is 0 Å². The molecule has 0 fully saturated rings. The van der Waals surface area contributed by atoms with Gasteiger partial charge < -0.3 is 14.4 Å². The number of aromatic nitrogens is 1. The van der Waals surface area contributed by atoms with E-state index >= 15 is 0 Å². The molecule has 0 aromatic carbocycles. The third kappa shape index (κ3) is 5.75. The lowest BCUT2D eigenvalue weighted by Gasteiger charge is -2.27. The van der Waals surface area contributed by atoms with Gasteiger partial charge in [-0.3, -0.25) is 0 Å². The molecule has 0 aliphatic heterocycles. The highest BCUT2D eigenvalue weighted by molar-refractivity contribution is 5.87. The third-order valence-corrected chi connectivity index (χ3v) is 2.75. The molecule has 0 saturated carbocycles. The minimum atomic E-state index is -3.45. The Morgan fingerprint density at radius 3 is 2.42 bits per heavy atom. The van der Waals surface area contributed by atoms with E-state index in [0.29, 0.717) is 0 Å². The molecule has 1 rings (SSSR count). The van der Waals surface area contributed by atoms with Gasteiger partial charge in [0.05, 0.1) is 13.2 Å². The predicted octanol–water partition coefficient (Wildman–Crippen LogP) is 3.22. The Morgan fingerprint density at radius 2 is 1.88 bits per heavy atom. The Hall–Kier alpha value is -2.25. The maximum atomic E-state index is 14.4. The number of pyridine rings is 1. The van der Waals surface area contributed by atoms with Crippen molar-refractivity contribution in [3.63, 3.8) is 0 Å². The summed E-state index contributed by atoms with van der Waals surface area (Å²) in [5, 5.41) is 0. The van der Waals surface area contributed by atoms with Gasteiger partial charge in [0, 0.05) is 7.05 Å². The number of carbonyl (C=O) groups is 2. The van der Waals surface area contributed by atoms with Gasteiger partial charge in [-0.15, -0.1) is 0 Å². The normalized spacial score (nSPS) is 11.8. The topological polar surface area (TPSA) is 68.7 Å². The first-order chi connectivity index (χ1) is 11.0. The Bertz CT molecular complexity index is 600. The maximum Gasteiger partial charge on any atom is 0.410 e. The largest absolute Gasteiger partial charge is 0.461 e. The molecule has 0 aliphatic carbocycles. The van der Waals surface area contributed by atoms with E-state index in [4.69, 9.17) is 9.47 Å². The lowest BCUT2D eigenvalue weighted by Crippen LogP contribution is -2.40. The van der Waals surface area contributed by atoms with Gasteiger partial charge in [0.15, 0.2) is 0 Å². The van der Waals surface area contributed by atoms with E-state index in [2.05, 4.69) is 4.98 Å². The predicted molar refractivity (Wildman–Crippen MR) is 83.0 cm³/mol. The molecular formula is C16H22F2N2O4. The second kappa shape index (κ2) is 7.55. The molecule has 1 aromatic heterocycles. The highest BCUT2D eigenvalue weighted by atomic mass is 19.3. The summed E-state index contributed by atoms with van der Waals surface area (Å²) in [6, 6.07) is 3.66. The van der Waals surface area contributed by atoms with Crippen LogP contribution in [0.1, 0.15) is 43.9 Å². The molecule has 1 heterocycles. The Kier molecular flexibility index (Phi) is 6.22. The zero-order valence-corrected chi connectivity index (χ0v) is 14.4. The molecule has 0 atom stereocenters. The van der Waals surface area contributed by atoms with Crippen molar-refractivity contribution in [3.05, 3.63) is 29.6 Å². The second-order valence-corrected chi connectivity index (χ2v) is 6.17. The first-order valence-corrected chi connectivity index (χ1v) is 7.43. The molecule has 6 nitrogen and oxygen atoms in total. The summed E-state index contributed by atoms with van der Waals surface area (Å²) in [5.41, 5.74) is -1.62. The first kappa shape index (κ1) is 19.8. The molecule has 0 N–H and O–H groups in total. The minimum absolute atomic E-state index is 0.114. The number of esters is 1. The minimum Gasteiger partial charge on any atom is -0.461 e. The van der Waals surface area contributed by atoms with E-state index in [-0.39, 0.29) is 12.3 Å². The average molecular weight is 344 g/mol. The Balaban J connectivity index is 2.90. The van der Waals surface area contributed by atoms with Gasteiger partial charge in [-0.05, 0) is 39.8 Å². The molecule has 1 aromatic rings. The summed E-state index contributed by atoms with van der Waals surface area (Å²) >= 11 is 0. The molecule has 0 spiro atoms. The zero-order valence-electron chi connectivity index (χ0n) is 14.4. The highest BCUT2D eigenvalue weighted by Crippen LogP contribution is 2.28. The summed E-state index contributed by atoms with van der Waals surface area (Å²) in [4.78, 5) is 27.8. The number of alkyl halides is 2. The summed E-state index contributed by atoms with van der Waals surface area (Å²) < 4.78 is 38.5. The van der Waals surface area contributed by atoms with Crippen molar-refractivity contribution in [2.24, 2.45) is 0 Å². The summed E-state index contributed by atoms with van der Waals surface area (Å²) in [7, 11) is 1.21. The second-order valence-electron chi connectivity index (χ2n) is 6.17. The van der Waals surface area contributed by atoms with Crippen LogP contribution >= 0.6 is 0 Å². The Morgan fingerprint density at radius 1 is 1.25 bits per heavy atom. The van der Waals surface area contributed by atoms with Gasteiger partial charge in [-0.1, -0.05) is 6.07 Å². The highest BCUT2D eigenvalue weighted by Gasteiger charge is 2.37. The fraction of sp³-hybridized carbons (Fsp3) is 0.562. The van der Waals surface area contributed by atoms with Crippen molar-refractivity contribution in [1.29, 1.82) is 0 Å². The van der Waals surface area contributed by atoms with Crippen LogP contribution in [0, 0.1) is 0 Å². The van der Waals surface area contributed by atoms with Crippen LogP contribution in [-0.4, -0.2) is 47.7 Å². The molecule has 0 bridgehead atoms. The van der Waals surface area contributed by atoms with Crippen molar-refractivity contribution < 1.29 is 27.8 Å². The molecule has 1 amide bonds. The molecule has 24 heavy (non-hydrogen) atoms. The van der Waals surface area contributed by atoms with Gasteiger partial charge in [0.25, 0.3) is 0 Å². The monoisotopic (exact) mass is 344 g/mol. The molecule has 8 heteroatoms. The zero-order chi connectivity index (χ0) is 18.5. The number of halogens is 2.